The van der Waals surface area contributed by atoms with E-state index in [2.05, 4.69) is 4.98 Å². The third-order valence-electron chi connectivity index (χ3n) is 5.77. The monoisotopic (exact) mass is 273 g/mol. The molecule has 1 aromatic heterocycles. The first-order chi connectivity index (χ1) is 9.61. The lowest BCUT2D eigenvalue weighted by atomic mass is 9.51. The summed E-state index contributed by atoms with van der Waals surface area (Å²) in [5, 5.41) is 9.12. The van der Waals surface area contributed by atoms with Crippen LogP contribution in [0, 0.1) is 23.7 Å². The first-order valence-corrected chi connectivity index (χ1v) is 7.57. The molecule has 0 aromatic carbocycles. The number of carboxylic acids is 1. The Morgan fingerprint density at radius 3 is 2.25 bits per heavy atom. The molecule has 4 aliphatic rings. The highest BCUT2D eigenvalue weighted by molar-refractivity contribution is 5.87. The molecule has 0 saturated heterocycles. The second-order valence-electron chi connectivity index (χ2n) is 6.94. The predicted molar refractivity (Wildman–Crippen MR) is 73.8 cm³/mol. The van der Waals surface area contributed by atoms with E-state index in [0.717, 1.165) is 17.4 Å². The van der Waals surface area contributed by atoms with Crippen molar-refractivity contribution in [3.8, 4) is 0 Å². The number of nitrogens with one attached hydrogen (secondary N) is 1. The van der Waals surface area contributed by atoms with Gasteiger partial charge in [0.25, 0.3) is 5.56 Å². The van der Waals surface area contributed by atoms with Crippen molar-refractivity contribution in [2.24, 2.45) is 23.7 Å². The largest absolute Gasteiger partial charge is 0.477 e. The van der Waals surface area contributed by atoms with Crippen molar-refractivity contribution >= 4 is 5.97 Å². The Hall–Kier alpha value is -1.58. The van der Waals surface area contributed by atoms with Crippen LogP contribution in [0.4, 0.5) is 0 Å². The molecule has 20 heavy (non-hydrogen) atoms. The number of hydrogen-bond donors (Lipinski definition) is 2. The Labute approximate surface area is 117 Å². The van der Waals surface area contributed by atoms with Crippen LogP contribution in [-0.4, -0.2) is 16.1 Å². The number of H-pyrrole nitrogens is 1. The minimum atomic E-state index is -1.13. The highest BCUT2D eigenvalue weighted by Gasteiger charge is 2.48. The number of pyridine rings is 1. The van der Waals surface area contributed by atoms with Gasteiger partial charge in [-0.15, -0.1) is 0 Å². The van der Waals surface area contributed by atoms with Crippen LogP contribution in [0.5, 0.6) is 0 Å². The van der Waals surface area contributed by atoms with E-state index < -0.39 is 11.5 Å². The molecule has 0 amide bonds. The van der Waals surface area contributed by atoms with E-state index in [1.54, 1.807) is 12.3 Å². The number of aromatic carboxylic acids is 1. The van der Waals surface area contributed by atoms with Crippen molar-refractivity contribution in [3.05, 3.63) is 33.7 Å². The molecule has 0 radical (unpaired) electrons. The molecule has 4 heteroatoms. The van der Waals surface area contributed by atoms with Crippen LogP contribution in [0.25, 0.3) is 0 Å². The summed E-state index contributed by atoms with van der Waals surface area (Å²) < 4.78 is 0. The standard InChI is InChI=1S/C16H19NO3/c18-15-13(16(19)20)6-12(7-17-15)14-10-2-8-1-9(4-10)5-11(14)3-8/h6-11,14H,1-5H2,(H,17,18)(H,19,20). The normalized spacial score (nSPS) is 38.1. The molecule has 4 saturated carbocycles. The van der Waals surface area contributed by atoms with Crippen molar-refractivity contribution in [2.75, 3.05) is 0 Å². The third-order valence-corrected chi connectivity index (χ3v) is 5.77. The van der Waals surface area contributed by atoms with Crippen LogP contribution in [0.2, 0.25) is 0 Å². The maximum atomic E-state index is 11.6. The second kappa shape index (κ2) is 4.21. The van der Waals surface area contributed by atoms with Gasteiger partial charge < -0.3 is 10.1 Å². The minimum absolute atomic E-state index is 0.115. The molecule has 1 heterocycles. The lowest BCUT2D eigenvalue weighted by Crippen LogP contribution is -2.44. The molecule has 4 aliphatic carbocycles. The highest BCUT2D eigenvalue weighted by Crippen LogP contribution is 2.59. The van der Waals surface area contributed by atoms with E-state index in [1.165, 1.54) is 32.1 Å². The Morgan fingerprint density at radius 2 is 1.70 bits per heavy atom. The Morgan fingerprint density at radius 1 is 1.10 bits per heavy atom. The van der Waals surface area contributed by atoms with Crippen LogP contribution >= 0.6 is 0 Å². The van der Waals surface area contributed by atoms with Gasteiger partial charge in [0.15, 0.2) is 0 Å². The number of aromatic amines is 1. The van der Waals surface area contributed by atoms with E-state index in [-0.39, 0.29) is 5.56 Å². The lowest BCUT2D eigenvalue weighted by Gasteiger charge is -2.54. The third kappa shape index (κ3) is 1.74. The first-order valence-electron chi connectivity index (χ1n) is 7.57. The van der Waals surface area contributed by atoms with E-state index in [1.807, 2.05) is 0 Å². The molecule has 0 aliphatic heterocycles. The number of aromatic nitrogens is 1. The van der Waals surface area contributed by atoms with Crippen molar-refractivity contribution < 1.29 is 9.90 Å². The van der Waals surface area contributed by atoms with E-state index in [9.17, 15) is 9.59 Å². The van der Waals surface area contributed by atoms with Crippen molar-refractivity contribution in [1.82, 2.24) is 4.98 Å². The Bertz CT molecular complexity index is 590. The fourth-order valence-electron chi connectivity index (χ4n) is 5.32. The summed E-state index contributed by atoms with van der Waals surface area (Å²) in [6.45, 7) is 0. The fraction of sp³-hybridized carbons (Fsp3) is 0.625. The topological polar surface area (TPSA) is 70.2 Å². The summed E-state index contributed by atoms with van der Waals surface area (Å²) in [7, 11) is 0. The number of hydrogen-bond acceptors (Lipinski definition) is 2. The summed E-state index contributed by atoms with van der Waals surface area (Å²) in [6.07, 6.45) is 8.32. The van der Waals surface area contributed by atoms with Gasteiger partial charge in [0.2, 0.25) is 0 Å². The quantitative estimate of drug-likeness (QED) is 0.870. The zero-order valence-electron chi connectivity index (χ0n) is 11.3. The SMILES string of the molecule is O=C(O)c1cc(C2C3CC4CC(C3)CC2C4)c[nH]c1=O. The molecule has 4 fully saturated rings. The Balaban J connectivity index is 1.73. The molecule has 5 rings (SSSR count). The van der Waals surface area contributed by atoms with E-state index in [4.69, 9.17) is 5.11 Å². The summed E-state index contributed by atoms with van der Waals surface area (Å²) in [5.74, 6) is 2.51. The highest BCUT2D eigenvalue weighted by atomic mass is 16.4. The number of carboxylic acid groups (broad SMARTS) is 1. The lowest BCUT2D eigenvalue weighted by molar-refractivity contribution is -0.00294. The van der Waals surface area contributed by atoms with E-state index in [0.29, 0.717) is 17.8 Å². The van der Waals surface area contributed by atoms with Gasteiger partial charge >= 0.3 is 5.97 Å². The average molecular weight is 273 g/mol. The summed E-state index contributed by atoms with van der Waals surface area (Å²) in [6, 6.07) is 1.62. The molecule has 0 atom stereocenters. The van der Waals surface area contributed by atoms with Gasteiger partial charge in [-0.3, -0.25) is 4.79 Å². The van der Waals surface area contributed by atoms with Crippen molar-refractivity contribution in [2.45, 2.75) is 38.0 Å². The predicted octanol–water partition coefficient (Wildman–Crippen LogP) is 2.61. The van der Waals surface area contributed by atoms with Crippen molar-refractivity contribution in [1.29, 1.82) is 0 Å². The maximum absolute atomic E-state index is 11.6. The summed E-state index contributed by atoms with van der Waals surface area (Å²) >= 11 is 0. The van der Waals surface area contributed by atoms with Gasteiger partial charge in [-0.25, -0.2) is 4.79 Å². The average Bonchev–Trinajstić information content (AvgIpc) is 2.38. The molecule has 0 spiro atoms. The smallest absolute Gasteiger partial charge is 0.341 e. The molecular formula is C16H19NO3. The summed E-state index contributed by atoms with van der Waals surface area (Å²) in [5.41, 5.74) is 0.428. The van der Waals surface area contributed by atoms with Crippen molar-refractivity contribution in [3.63, 3.8) is 0 Å². The summed E-state index contributed by atoms with van der Waals surface area (Å²) in [4.78, 5) is 25.3. The van der Waals surface area contributed by atoms with Crippen LogP contribution in [0.1, 0.15) is 53.9 Å². The number of rotatable bonds is 2. The van der Waals surface area contributed by atoms with Crippen LogP contribution < -0.4 is 5.56 Å². The van der Waals surface area contributed by atoms with Gasteiger partial charge in [-0.2, -0.15) is 0 Å². The van der Waals surface area contributed by atoms with Gasteiger partial charge in [0.1, 0.15) is 5.56 Å². The van der Waals surface area contributed by atoms with E-state index >= 15 is 0 Å². The van der Waals surface area contributed by atoms with Crippen LogP contribution in [0.3, 0.4) is 0 Å². The molecule has 106 valence electrons. The van der Waals surface area contributed by atoms with Gasteiger partial charge in [0, 0.05) is 6.20 Å². The number of carbonyl (C=O) groups is 1. The van der Waals surface area contributed by atoms with Crippen LogP contribution in [-0.2, 0) is 0 Å². The molecule has 2 N–H and O–H groups in total. The zero-order chi connectivity index (χ0) is 13.9. The van der Waals surface area contributed by atoms with Crippen LogP contribution in [0.15, 0.2) is 17.1 Å². The first kappa shape index (κ1) is 12.2. The Kier molecular flexibility index (Phi) is 2.56. The molecule has 4 nitrogen and oxygen atoms in total. The molecule has 1 aromatic rings. The second-order valence-corrected chi connectivity index (χ2v) is 6.94. The fourth-order valence-corrected chi connectivity index (χ4v) is 5.32. The van der Waals surface area contributed by atoms with Gasteiger partial charge in [-0.1, -0.05) is 0 Å². The molecule has 4 bridgehead atoms. The molecule has 0 unspecified atom stereocenters. The zero-order valence-corrected chi connectivity index (χ0v) is 11.3. The maximum Gasteiger partial charge on any atom is 0.341 e. The minimum Gasteiger partial charge on any atom is -0.477 e. The molecular weight excluding hydrogens is 254 g/mol. The van der Waals surface area contributed by atoms with Gasteiger partial charge in [0.05, 0.1) is 0 Å². The van der Waals surface area contributed by atoms with Gasteiger partial charge in [-0.05, 0) is 73.3 Å².